The number of phenols is 1. The van der Waals surface area contributed by atoms with Gasteiger partial charge in [-0.15, -0.1) is 0 Å². The summed E-state index contributed by atoms with van der Waals surface area (Å²) in [5.41, 5.74) is 1.19. The molecule has 35 heavy (non-hydrogen) atoms. The van der Waals surface area contributed by atoms with Gasteiger partial charge in [-0.2, -0.15) is 0 Å². The zero-order valence-electron chi connectivity index (χ0n) is 21.0. The normalized spacial score (nSPS) is 24.4. The molecule has 1 aliphatic heterocycles. The molecule has 10 heteroatoms. The van der Waals surface area contributed by atoms with Crippen LogP contribution in [0.25, 0.3) is 0 Å². The molecule has 5 atom stereocenters. The summed E-state index contributed by atoms with van der Waals surface area (Å²) in [4.78, 5) is 0. The van der Waals surface area contributed by atoms with E-state index in [2.05, 4.69) is 0 Å². The van der Waals surface area contributed by atoms with E-state index in [1.165, 1.54) is 14.2 Å². The maximum absolute atomic E-state index is 10.7. The highest BCUT2D eigenvalue weighted by Crippen LogP contribution is 2.50. The molecule has 1 aromatic carbocycles. The molecule has 1 heterocycles. The number of aromatic hydroxyl groups is 1. The molecule has 0 aromatic heterocycles. The van der Waals surface area contributed by atoms with Crippen LogP contribution in [-0.4, -0.2) is 88.8 Å². The predicted octanol–water partition coefficient (Wildman–Crippen LogP) is 1.55. The van der Waals surface area contributed by atoms with Crippen LogP contribution in [-0.2, 0) is 11.2 Å². The van der Waals surface area contributed by atoms with Crippen LogP contribution in [0.15, 0.2) is 0 Å². The first-order valence-corrected chi connectivity index (χ1v) is 12.4. The molecule has 0 unspecified atom stereocenters. The first-order valence-electron chi connectivity index (χ1n) is 12.4. The van der Waals surface area contributed by atoms with Crippen molar-refractivity contribution in [3.8, 4) is 23.0 Å². The Hall–Kier alpha value is -1.82. The van der Waals surface area contributed by atoms with Gasteiger partial charge in [0, 0.05) is 17.7 Å². The third kappa shape index (κ3) is 7.34. The Labute approximate surface area is 207 Å². The monoisotopic (exact) mass is 502 g/mol. The maximum Gasteiger partial charge on any atom is 0.229 e. The molecule has 0 spiro atoms. The summed E-state index contributed by atoms with van der Waals surface area (Å²) in [6, 6.07) is 0. The van der Waals surface area contributed by atoms with Gasteiger partial charge in [-0.1, -0.05) is 38.5 Å². The largest absolute Gasteiger partial charge is 0.504 e. The van der Waals surface area contributed by atoms with Gasteiger partial charge < -0.3 is 49.6 Å². The number of rotatable bonds is 15. The Balaban J connectivity index is 2.20. The maximum atomic E-state index is 10.7. The van der Waals surface area contributed by atoms with Gasteiger partial charge in [-0.05, 0) is 26.2 Å². The second-order valence-corrected chi connectivity index (χ2v) is 8.96. The van der Waals surface area contributed by atoms with Crippen molar-refractivity contribution in [1.29, 1.82) is 0 Å². The highest BCUT2D eigenvalue weighted by atomic mass is 16.7. The summed E-state index contributed by atoms with van der Waals surface area (Å²) < 4.78 is 22.3. The number of unbranched alkanes of at least 4 members (excludes halogenated alkanes) is 7. The molecule has 6 N–H and O–H groups in total. The van der Waals surface area contributed by atoms with Gasteiger partial charge in [0.25, 0.3) is 0 Å². The number of hydrogen-bond acceptors (Lipinski definition) is 10. The minimum absolute atomic E-state index is 0.0659. The summed E-state index contributed by atoms with van der Waals surface area (Å²) in [5, 5.41) is 59.7. The zero-order chi connectivity index (χ0) is 26.0. The van der Waals surface area contributed by atoms with E-state index in [-0.39, 0.29) is 29.6 Å². The van der Waals surface area contributed by atoms with Crippen LogP contribution in [0.1, 0.15) is 62.5 Å². The van der Waals surface area contributed by atoms with E-state index in [1.807, 2.05) is 0 Å². The number of benzene rings is 1. The van der Waals surface area contributed by atoms with Gasteiger partial charge in [0.15, 0.2) is 11.5 Å². The van der Waals surface area contributed by atoms with Crippen molar-refractivity contribution in [1.82, 2.24) is 0 Å². The van der Waals surface area contributed by atoms with E-state index in [4.69, 9.17) is 24.1 Å². The smallest absolute Gasteiger partial charge is 0.229 e. The van der Waals surface area contributed by atoms with Crippen LogP contribution in [0.3, 0.4) is 0 Å². The number of ether oxygens (including phenoxy) is 4. The van der Waals surface area contributed by atoms with Crippen molar-refractivity contribution in [3.05, 3.63) is 11.1 Å². The fraction of sp³-hybridized carbons (Fsp3) is 0.760. The molecular weight excluding hydrogens is 460 g/mol. The molecule has 0 aliphatic carbocycles. The van der Waals surface area contributed by atoms with Crippen LogP contribution in [0.5, 0.6) is 23.0 Å². The molecule has 0 amide bonds. The number of aliphatic hydroxyl groups excluding tert-OH is 5. The topological polar surface area (TPSA) is 158 Å². The number of phenolic OH excluding ortho intramolecular Hbond substituents is 1. The van der Waals surface area contributed by atoms with Crippen molar-refractivity contribution >= 4 is 0 Å². The van der Waals surface area contributed by atoms with Crippen LogP contribution in [0.2, 0.25) is 0 Å². The standard InChI is InChI=1S/C25H42O10/c1-15-16(12-10-8-6-4-5-7-9-11-13-26)22(24(33-3)23(32-2)18(15)28)35-25-21(31)20(30)19(29)17(14-27)34-25/h17,19-21,25-31H,4-14H2,1-3H3/t17-,19-,20+,21-,25+/m1/s1. The number of aliphatic hydroxyl groups is 5. The fourth-order valence-electron chi connectivity index (χ4n) is 4.39. The Morgan fingerprint density at radius 2 is 1.31 bits per heavy atom. The summed E-state index contributed by atoms with van der Waals surface area (Å²) in [7, 11) is 2.78. The Morgan fingerprint density at radius 3 is 1.86 bits per heavy atom. The molecule has 1 aromatic rings. The average Bonchev–Trinajstić information content (AvgIpc) is 2.86. The summed E-state index contributed by atoms with van der Waals surface area (Å²) >= 11 is 0. The lowest BCUT2D eigenvalue weighted by atomic mass is 9.97. The highest BCUT2D eigenvalue weighted by Gasteiger charge is 2.45. The SMILES string of the molecule is COc1c(O)c(C)c(CCCCCCCCCCO)c(O[C@@H]2O[C@H](CO)[C@@H](O)[C@H](O)[C@H]2O)c1OC. The molecule has 1 saturated heterocycles. The predicted molar refractivity (Wildman–Crippen MR) is 128 cm³/mol. The van der Waals surface area contributed by atoms with E-state index in [0.29, 0.717) is 17.5 Å². The van der Waals surface area contributed by atoms with Crippen molar-refractivity contribution in [2.24, 2.45) is 0 Å². The lowest BCUT2D eigenvalue weighted by Crippen LogP contribution is -2.60. The van der Waals surface area contributed by atoms with Gasteiger partial charge in [0.2, 0.25) is 17.8 Å². The highest BCUT2D eigenvalue weighted by molar-refractivity contribution is 5.66. The molecule has 0 saturated carbocycles. The van der Waals surface area contributed by atoms with E-state index in [0.717, 1.165) is 51.4 Å². The summed E-state index contributed by atoms with van der Waals surface area (Å²) in [6.45, 7) is 1.39. The van der Waals surface area contributed by atoms with Gasteiger partial charge in [0.1, 0.15) is 24.4 Å². The molecular formula is C25H42O10. The number of hydrogen-bond donors (Lipinski definition) is 6. The Morgan fingerprint density at radius 1 is 0.743 bits per heavy atom. The lowest BCUT2D eigenvalue weighted by Gasteiger charge is -2.40. The minimum Gasteiger partial charge on any atom is -0.504 e. The molecule has 0 radical (unpaired) electrons. The first-order chi connectivity index (χ1) is 16.8. The molecule has 10 nitrogen and oxygen atoms in total. The molecule has 0 bridgehead atoms. The van der Waals surface area contributed by atoms with Crippen molar-refractivity contribution in [2.45, 2.75) is 95.4 Å². The second-order valence-electron chi connectivity index (χ2n) is 8.96. The second kappa shape index (κ2) is 14.7. The van der Waals surface area contributed by atoms with E-state index in [1.54, 1.807) is 6.92 Å². The van der Waals surface area contributed by atoms with Crippen LogP contribution in [0.4, 0.5) is 0 Å². The van der Waals surface area contributed by atoms with E-state index in [9.17, 15) is 25.5 Å². The quantitative estimate of drug-likeness (QED) is 0.194. The van der Waals surface area contributed by atoms with Crippen LogP contribution >= 0.6 is 0 Å². The Bertz CT molecular complexity index is 769. The Kier molecular flexibility index (Phi) is 12.3. The fourth-order valence-corrected chi connectivity index (χ4v) is 4.39. The first kappa shape index (κ1) is 29.4. The van der Waals surface area contributed by atoms with E-state index >= 15 is 0 Å². The van der Waals surface area contributed by atoms with Crippen LogP contribution < -0.4 is 14.2 Å². The third-order valence-electron chi connectivity index (χ3n) is 6.54. The molecule has 2 rings (SSSR count). The molecule has 1 aliphatic rings. The average molecular weight is 503 g/mol. The summed E-state index contributed by atoms with van der Waals surface area (Å²) in [6.07, 6.45) is 1.43. The lowest BCUT2D eigenvalue weighted by molar-refractivity contribution is -0.277. The van der Waals surface area contributed by atoms with Gasteiger partial charge in [-0.3, -0.25) is 0 Å². The van der Waals surface area contributed by atoms with Gasteiger partial charge in [0.05, 0.1) is 20.8 Å². The third-order valence-corrected chi connectivity index (χ3v) is 6.54. The van der Waals surface area contributed by atoms with E-state index < -0.39 is 37.3 Å². The molecule has 202 valence electrons. The van der Waals surface area contributed by atoms with Crippen molar-refractivity contribution < 1.29 is 49.6 Å². The summed E-state index contributed by atoms with van der Waals surface area (Å²) in [5.74, 6) is 0.306. The van der Waals surface area contributed by atoms with Gasteiger partial charge in [-0.25, -0.2) is 0 Å². The van der Waals surface area contributed by atoms with Crippen molar-refractivity contribution in [2.75, 3.05) is 27.4 Å². The zero-order valence-corrected chi connectivity index (χ0v) is 21.0. The number of methoxy groups -OCH3 is 2. The minimum atomic E-state index is -1.59. The van der Waals surface area contributed by atoms with Crippen LogP contribution in [0, 0.1) is 6.92 Å². The van der Waals surface area contributed by atoms with Crippen molar-refractivity contribution in [3.63, 3.8) is 0 Å². The molecule has 1 fully saturated rings. The van der Waals surface area contributed by atoms with Gasteiger partial charge >= 0.3 is 0 Å².